The zero-order valence-corrected chi connectivity index (χ0v) is 10.3. The van der Waals surface area contributed by atoms with Gasteiger partial charge in [-0.3, -0.25) is 0 Å². The maximum absolute atomic E-state index is 12.0. The van der Waals surface area contributed by atoms with E-state index in [-0.39, 0.29) is 5.75 Å². The Bertz CT molecular complexity index is 402. The molecule has 1 aromatic carbocycles. The van der Waals surface area contributed by atoms with E-state index in [9.17, 15) is 13.2 Å². The van der Waals surface area contributed by atoms with Crippen molar-refractivity contribution in [3.05, 3.63) is 29.8 Å². The number of nitrogens with one attached hydrogen (secondary N) is 1. The van der Waals surface area contributed by atoms with Crippen LogP contribution in [0.15, 0.2) is 24.3 Å². The predicted molar refractivity (Wildman–Crippen MR) is 62.5 cm³/mol. The Morgan fingerprint density at radius 1 is 1.22 bits per heavy atom. The molecule has 0 amide bonds. The van der Waals surface area contributed by atoms with Gasteiger partial charge in [0.25, 0.3) is 0 Å². The molecule has 3 atom stereocenters. The van der Waals surface area contributed by atoms with Crippen LogP contribution in [0.4, 0.5) is 13.2 Å². The van der Waals surface area contributed by atoms with Gasteiger partial charge in [-0.25, -0.2) is 0 Å². The SMILES string of the molecule is CNC1CC(c2ccc(OC(F)(F)F)cc2)C1C. The third-order valence-corrected chi connectivity index (χ3v) is 3.69. The van der Waals surface area contributed by atoms with E-state index in [1.54, 1.807) is 12.1 Å². The molecule has 0 heterocycles. The molecule has 0 aliphatic heterocycles. The molecule has 2 nitrogen and oxygen atoms in total. The van der Waals surface area contributed by atoms with Crippen LogP contribution in [0.2, 0.25) is 0 Å². The fourth-order valence-corrected chi connectivity index (χ4v) is 2.52. The highest BCUT2D eigenvalue weighted by molar-refractivity contribution is 5.31. The molecule has 1 aliphatic rings. The van der Waals surface area contributed by atoms with Gasteiger partial charge in [0.15, 0.2) is 0 Å². The normalized spacial score (nSPS) is 27.7. The Morgan fingerprint density at radius 3 is 2.28 bits per heavy atom. The number of hydrogen-bond donors (Lipinski definition) is 1. The molecule has 1 fully saturated rings. The van der Waals surface area contributed by atoms with E-state index in [4.69, 9.17) is 0 Å². The van der Waals surface area contributed by atoms with E-state index in [1.165, 1.54) is 12.1 Å². The van der Waals surface area contributed by atoms with Gasteiger partial charge in [-0.15, -0.1) is 13.2 Å². The summed E-state index contributed by atoms with van der Waals surface area (Å²) in [6, 6.07) is 6.69. The van der Waals surface area contributed by atoms with Crippen LogP contribution in [0.5, 0.6) is 5.75 Å². The average molecular weight is 259 g/mol. The maximum atomic E-state index is 12.0. The van der Waals surface area contributed by atoms with E-state index >= 15 is 0 Å². The lowest BCUT2D eigenvalue weighted by molar-refractivity contribution is -0.274. The minimum atomic E-state index is -4.62. The molecule has 18 heavy (non-hydrogen) atoms. The van der Waals surface area contributed by atoms with Gasteiger partial charge >= 0.3 is 6.36 Å². The molecule has 1 aromatic rings. The molecular formula is C13H16F3NO. The molecule has 0 spiro atoms. The summed E-state index contributed by atoms with van der Waals surface area (Å²) in [4.78, 5) is 0. The van der Waals surface area contributed by atoms with Crippen molar-refractivity contribution in [3.8, 4) is 5.75 Å². The van der Waals surface area contributed by atoms with Crippen LogP contribution in [-0.2, 0) is 0 Å². The smallest absolute Gasteiger partial charge is 0.406 e. The van der Waals surface area contributed by atoms with Crippen LogP contribution >= 0.6 is 0 Å². The third kappa shape index (κ3) is 2.77. The number of hydrogen-bond acceptors (Lipinski definition) is 2. The van der Waals surface area contributed by atoms with Crippen molar-refractivity contribution in [2.45, 2.75) is 31.7 Å². The monoisotopic (exact) mass is 259 g/mol. The first-order chi connectivity index (χ1) is 8.40. The van der Waals surface area contributed by atoms with Crippen molar-refractivity contribution in [3.63, 3.8) is 0 Å². The van der Waals surface area contributed by atoms with Gasteiger partial charge in [0, 0.05) is 6.04 Å². The van der Waals surface area contributed by atoms with Crippen molar-refractivity contribution in [2.24, 2.45) is 5.92 Å². The van der Waals surface area contributed by atoms with Crippen molar-refractivity contribution in [1.29, 1.82) is 0 Å². The second-order valence-corrected chi connectivity index (χ2v) is 4.71. The summed E-state index contributed by atoms with van der Waals surface area (Å²) in [5.41, 5.74) is 1.07. The fourth-order valence-electron chi connectivity index (χ4n) is 2.52. The maximum Gasteiger partial charge on any atom is 0.573 e. The number of benzene rings is 1. The summed E-state index contributed by atoms with van der Waals surface area (Å²) in [6.45, 7) is 2.15. The largest absolute Gasteiger partial charge is 0.573 e. The summed E-state index contributed by atoms with van der Waals surface area (Å²) in [6.07, 6.45) is -3.60. The van der Waals surface area contributed by atoms with Gasteiger partial charge in [0.1, 0.15) is 5.75 Å². The Balaban J connectivity index is 2.01. The summed E-state index contributed by atoms with van der Waals surface area (Å²) in [5, 5.41) is 3.22. The van der Waals surface area contributed by atoms with E-state index in [2.05, 4.69) is 17.0 Å². The molecule has 2 rings (SSSR count). The molecule has 0 radical (unpaired) electrons. The minimum absolute atomic E-state index is 0.164. The molecular weight excluding hydrogens is 243 g/mol. The first kappa shape index (κ1) is 13.2. The Kier molecular flexibility index (Phi) is 3.52. The molecule has 1 saturated carbocycles. The molecule has 0 saturated heterocycles. The van der Waals surface area contributed by atoms with E-state index in [0.29, 0.717) is 17.9 Å². The van der Waals surface area contributed by atoms with Gasteiger partial charge in [-0.05, 0) is 43.0 Å². The Labute approximate surface area is 104 Å². The summed E-state index contributed by atoms with van der Waals surface area (Å²) < 4.78 is 39.9. The predicted octanol–water partition coefficient (Wildman–Crippen LogP) is 3.30. The first-order valence-corrected chi connectivity index (χ1v) is 5.93. The number of alkyl halides is 3. The average Bonchev–Trinajstić information content (AvgIpc) is 2.28. The topological polar surface area (TPSA) is 21.3 Å². The van der Waals surface area contributed by atoms with Crippen LogP contribution < -0.4 is 10.1 Å². The van der Waals surface area contributed by atoms with Gasteiger partial charge in [-0.2, -0.15) is 0 Å². The molecule has 5 heteroatoms. The summed E-state index contributed by atoms with van der Waals surface area (Å²) >= 11 is 0. The van der Waals surface area contributed by atoms with Crippen LogP contribution in [-0.4, -0.2) is 19.5 Å². The number of halogens is 3. The van der Waals surface area contributed by atoms with Gasteiger partial charge < -0.3 is 10.1 Å². The second-order valence-electron chi connectivity index (χ2n) is 4.71. The van der Waals surface area contributed by atoms with Crippen LogP contribution in [0.1, 0.15) is 24.8 Å². The number of rotatable bonds is 3. The molecule has 1 aliphatic carbocycles. The molecule has 0 bridgehead atoms. The van der Waals surface area contributed by atoms with Crippen LogP contribution in [0, 0.1) is 5.92 Å². The summed E-state index contributed by atoms with van der Waals surface area (Å²) in [7, 11) is 1.93. The first-order valence-electron chi connectivity index (χ1n) is 5.93. The second kappa shape index (κ2) is 4.80. The van der Waals surface area contributed by atoms with Crippen molar-refractivity contribution in [2.75, 3.05) is 7.05 Å². The van der Waals surface area contributed by atoms with Gasteiger partial charge in [-0.1, -0.05) is 19.1 Å². The van der Waals surface area contributed by atoms with Crippen molar-refractivity contribution >= 4 is 0 Å². The minimum Gasteiger partial charge on any atom is -0.406 e. The van der Waals surface area contributed by atoms with Crippen molar-refractivity contribution in [1.82, 2.24) is 5.32 Å². The van der Waals surface area contributed by atoms with Crippen LogP contribution in [0.25, 0.3) is 0 Å². The zero-order chi connectivity index (χ0) is 13.3. The fraction of sp³-hybridized carbons (Fsp3) is 0.538. The van der Waals surface area contributed by atoms with E-state index in [0.717, 1.165) is 12.0 Å². The highest BCUT2D eigenvalue weighted by Crippen LogP contribution is 2.42. The van der Waals surface area contributed by atoms with Crippen molar-refractivity contribution < 1.29 is 17.9 Å². The van der Waals surface area contributed by atoms with Gasteiger partial charge in [0.2, 0.25) is 0 Å². The van der Waals surface area contributed by atoms with E-state index in [1.807, 2.05) is 7.05 Å². The lowest BCUT2D eigenvalue weighted by Crippen LogP contribution is -2.46. The molecule has 1 N–H and O–H groups in total. The third-order valence-electron chi connectivity index (χ3n) is 3.69. The Hall–Kier alpha value is -1.23. The highest BCUT2D eigenvalue weighted by atomic mass is 19.4. The lowest BCUT2D eigenvalue weighted by Gasteiger charge is -2.43. The highest BCUT2D eigenvalue weighted by Gasteiger charge is 2.37. The zero-order valence-electron chi connectivity index (χ0n) is 10.3. The molecule has 0 aromatic heterocycles. The number of ether oxygens (including phenoxy) is 1. The summed E-state index contributed by atoms with van der Waals surface area (Å²) in [5.74, 6) is 0.759. The lowest BCUT2D eigenvalue weighted by atomic mass is 9.67. The van der Waals surface area contributed by atoms with Gasteiger partial charge in [0.05, 0.1) is 0 Å². The van der Waals surface area contributed by atoms with E-state index < -0.39 is 6.36 Å². The molecule has 3 unspecified atom stereocenters. The van der Waals surface area contributed by atoms with Crippen LogP contribution in [0.3, 0.4) is 0 Å². The quantitative estimate of drug-likeness (QED) is 0.899. The standard InChI is InChI=1S/C13H16F3NO/c1-8-11(7-12(8)17-2)9-3-5-10(6-4-9)18-13(14,15)16/h3-6,8,11-12,17H,7H2,1-2H3. The Morgan fingerprint density at radius 2 is 1.83 bits per heavy atom. The molecule has 100 valence electrons.